The van der Waals surface area contributed by atoms with E-state index in [4.69, 9.17) is 4.74 Å². The van der Waals surface area contributed by atoms with Gasteiger partial charge in [-0.2, -0.15) is 0 Å². The molecule has 16 heavy (non-hydrogen) atoms. The summed E-state index contributed by atoms with van der Waals surface area (Å²) < 4.78 is 6.80. The second-order valence-electron chi connectivity index (χ2n) is 4.13. The van der Waals surface area contributed by atoms with E-state index in [1.807, 2.05) is 11.6 Å². The molecule has 5 heteroatoms. The number of ether oxygens (including phenoxy) is 1. The molecule has 1 aliphatic carbocycles. The van der Waals surface area contributed by atoms with Crippen LogP contribution in [0.5, 0.6) is 0 Å². The molecule has 0 N–H and O–H groups in total. The van der Waals surface area contributed by atoms with E-state index in [0.29, 0.717) is 18.3 Å². The van der Waals surface area contributed by atoms with Gasteiger partial charge in [0.1, 0.15) is 0 Å². The number of carbonyl (C=O) groups excluding carboxylic acids is 1. The molecule has 1 heterocycles. The highest BCUT2D eigenvalue weighted by molar-refractivity contribution is 5.88. The van der Waals surface area contributed by atoms with Crippen molar-refractivity contribution in [3.8, 4) is 0 Å². The normalized spacial score (nSPS) is 16.6. The average Bonchev–Trinajstić information content (AvgIpc) is 2.86. The molecule has 0 unspecified atom stereocenters. The van der Waals surface area contributed by atoms with Crippen LogP contribution in [0.15, 0.2) is 0 Å². The van der Waals surface area contributed by atoms with Gasteiger partial charge in [-0.15, -0.1) is 5.10 Å². The molecule has 1 aromatic rings. The molecule has 0 aromatic carbocycles. The van der Waals surface area contributed by atoms with Gasteiger partial charge in [-0.25, -0.2) is 9.48 Å². The molecule has 1 fully saturated rings. The molecule has 1 aliphatic rings. The van der Waals surface area contributed by atoms with E-state index in [1.54, 1.807) is 6.92 Å². The number of nitrogens with zero attached hydrogens (tertiary/aromatic N) is 3. The van der Waals surface area contributed by atoms with Gasteiger partial charge in [0.05, 0.1) is 18.3 Å². The summed E-state index contributed by atoms with van der Waals surface area (Å²) in [6.07, 6.45) is 4.73. The molecule has 1 saturated carbocycles. The van der Waals surface area contributed by atoms with Crippen molar-refractivity contribution in [2.24, 2.45) is 0 Å². The number of rotatable bonds is 3. The number of hydrogen-bond donors (Lipinski definition) is 0. The van der Waals surface area contributed by atoms with Crippen molar-refractivity contribution in [3.05, 3.63) is 11.4 Å². The number of esters is 1. The first-order valence-electron chi connectivity index (χ1n) is 5.83. The van der Waals surface area contributed by atoms with Crippen LogP contribution in [0.25, 0.3) is 0 Å². The Morgan fingerprint density at radius 1 is 1.50 bits per heavy atom. The largest absolute Gasteiger partial charge is 0.461 e. The van der Waals surface area contributed by atoms with Crippen LogP contribution in [0.3, 0.4) is 0 Å². The Bertz CT molecular complexity index is 381. The highest BCUT2D eigenvalue weighted by atomic mass is 16.5. The molecule has 0 atom stereocenters. The van der Waals surface area contributed by atoms with Gasteiger partial charge in [0.15, 0.2) is 5.69 Å². The third-order valence-electron chi connectivity index (χ3n) is 3.07. The van der Waals surface area contributed by atoms with Crippen molar-refractivity contribution < 1.29 is 9.53 Å². The first-order chi connectivity index (χ1) is 7.74. The van der Waals surface area contributed by atoms with Crippen molar-refractivity contribution in [1.82, 2.24) is 15.0 Å². The lowest BCUT2D eigenvalue weighted by molar-refractivity contribution is 0.0518. The standard InChI is InChI=1S/C11H17N3O2/c1-3-16-11(15)10-8(2)14(13-12-10)9-6-4-5-7-9/h9H,3-7H2,1-2H3. The van der Waals surface area contributed by atoms with E-state index < -0.39 is 0 Å². The van der Waals surface area contributed by atoms with Gasteiger partial charge >= 0.3 is 5.97 Å². The maximum Gasteiger partial charge on any atom is 0.360 e. The minimum absolute atomic E-state index is 0.355. The topological polar surface area (TPSA) is 57.0 Å². The molecule has 0 spiro atoms. The molecule has 0 radical (unpaired) electrons. The average molecular weight is 223 g/mol. The molecule has 88 valence electrons. The van der Waals surface area contributed by atoms with Gasteiger partial charge in [-0.3, -0.25) is 0 Å². The van der Waals surface area contributed by atoms with Gasteiger partial charge in [-0.1, -0.05) is 18.1 Å². The predicted octanol–water partition coefficient (Wildman–Crippen LogP) is 1.88. The van der Waals surface area contributed by atoms with Crippen LogP contribution in [-0.2, 0) is 4.74 Å². The Kier molecular flexibility index (Phi) is 3.22. The summed E-state index contributed by atoms with van der Waals surface area (Å²) in [5.74, 6) is -0.371. The first kappa shape index (κ1) is 11.1. The van der Waals surface area contributed by atoms with Crippen molar-refractivity contribution in [3.63, 3.8) is 0 Å². The lowest BCUT2D eigenvalue weighted by Gasteiger charge is -2.10. The van der Waals surface area contributed by atoms with Gasteiger partial charge in [0.2, 0.25) is 0 Å². The van der Waals surface area contributed by atoms with E-state index in [-0.39, 0.29) is 5.97 Å². The number of hydrogen-bond acceptors (Lipinski definition) is 4. The maximum absolute atomic E-state index is 11.6. The minimum Gasteiger partial charge on any atom is -0.461 e. The number of aromatic nitrogens is 3. The van der Waals surface area contributed by atoms with E-state index in [0.717, 1.165) is 18.5 Å². The summed E-state index contributed by atoms with van der Waals surface area (Å²) in [7, 11) is 0. The van der Waals surface area contributed by atoms with E-state index >= 15 is 0 Å². The quantitative estimate of drug-likeness (QED) is 0.734. The van der Waals surface area contributed by atoms with Crippen LogP contribution >= 0.6 is 0 Å². The smallest absolute Gasteiger partial charge is 0.360 e. The molecule has 0 amide bonds. The SMILES string of the molecule is CCOC(=O)c1nnn(C2CCCC2)c1C. The van der Waals surface area contributed by atoms with Gasteiger partial charge in [-0.05, 0) is 26.7 Å². The van der Waals surface area contributed by atoms with Crippen molar-refractivity contribution in [1.29, 1.82) is 0 Å². The highest BCUT2D eigenvalue weighted by Gasteiger charge is 2.24. The second-order valence-corrected chi connectivity index (χ2v) is 4.13. The van der Waals surface area contributed by atoms with Crippen LogP contribution in [-0.4, -0.2) is 27.6 Å². The molecular weight excluding hydrogens is 206 g/mol. The fourth-order valence-corrected chi connectivity index (χ4v) is 2.22. The molecule has 2 rings (SSSR count). The summed E-state index contributed by atoms with van der Waals surface area (Å²) in [6, 6.07) is 0.413. The monoisotopic (exact) mass is 223 g/mol. The fraction of sp³-hybridized carbons (Fsp3) is 0.727. The molecular formula is C11H17N3O2. The number of carbonyl (C=O) groups is 1. The fourth-order valence-electron chi connectivity index (χ4n) is 2.22. The van der Waals surface area contributed by atoms with E-state index in [2.05, 4.69) is 10.3 Å². The van der Waals surface area contributed by atoms with Gasteiger partial charge in [0, 0.05) is 0 Å². The summed E-state index contributed by atoms with van der Waals surface area (Å²) >= 11 is 0. The molecule has 0 bridgehead atoms. The Balaban J connectivity index is 2.19. The van der Waals surface area contributed by atoms with Crippen LogP contribution in [0, 0.1) is 6.92 Å². The van der Waals surface area contributed by atoms with Crippen LogP contribution in [0.1, 0.15) is 54.8 Å². The molecule has 5 nitrogen and oxygen atoms in total. The van der Waals surface area contributed by atoms with Crippen molar-refractivity contribution in [2.75, 3.05) is 6.61 Å². The van der Waals surface area contributed by atoms with Gasteiger partial charge in [0.25, 0.3) is 0 Å². The Hall–Kier alpha value is -1.39. The van der Waals surface area contributed by atoms with E-state index in [1.165, 1.54) is 12.8 Å². The Labute approximate surface area is 94.8 Å². The third kappa shape index (κ3) is 1.94. The van der Waals surface area contributed by atoms with Crippen LogP contribution in [0.4, 0.5) is 0 Å². The molecule has 0 saturated heterocycles. The lowest BCUT2D eigenvalue weighted by Crippen LogP contribution is -2.11. The van der Waals surface area contributed by atoms with Gasteiger partial charge < -0.3 is 4.74 Å². The molecule has 0 aliphatic heterocycles. The van der Waals surface area contributed by atoms with Crippen LogP contribution < -0.4 is 0 Å². The Morgan fingerprint density at radius 2 is 2.19 bits per heavy atom. The first-order valence-corrected chi connectivity index (χ1v) is 5.83. The molecule has 1 aromatic heterocycles. The second kappa shape index (κ2) is 4.63. The summed E-state index contributed by atoms with van der Waals surface area (Å²) in [6.45, 7) is 4.04. The third-order valence-corrected chi connectivity index (χ3v) is 3.07. The summed E-state index contributed by atoms with van der Waals surface area (Å²) in [5.41, 5.74) is 1.18. The van der Waals surface area contributed by atoms with E-state index in [9.17, 15) is 4.79 Å². The predicted molar refractivity (Wildman–Crippen MR) is 58.2 cm³/mol. The zero-order valence-corrected chi connectivity index (χ0v) is 9.77. The summed E-state index contributed by atoms with van der Waals surface area (Å²) in [4.78, 5) is 11.6. The van der Waals surface area contributed by atoms with Crippen LogP contribution in [0.2, 0.25) is 0 Å². The zero-order valence-electron chi connectivity index (χ0n) is 9.77. The summed E-state index contributed by atoms with van der Waals surface area (Å²) in [5, 5.41) is 7.98. The zero-order chi connectivity index (χ0) is 11.5. The Morgan fingerprint density at radius 3 is 2.81 bits per heavy atom. The highest BCUT2D eigenvalue weighted by Crippen LogP contribution is 2.29. The van der Waals surface area contributed by atoms with Crippen molar-refractivity contribution >= 4 is 5.97 Å². The maximum atomic E-state index is 11.6. The lowest BCUT2D eigenvalue weighted by atomic mass is 10.2. The minimum atomic E-state index is -0.371. The van der Waals surface area contributed by atoms with Crippen molar-refractivity contribution in [2.45, 2.75) is 45.6 Å².